The molecule has 0 aliphatic carbocycles. The molecule has 0 spiro atoms. The molecule has 14 rings (SSSR count). The van der Waals surface area contributed by atoms with E-state index in [-0.39, 0.29) is 0 Å². The average Bonchev–Trinajstić information content (AvgIpc) is 4.19. The van der Waals surface area contributed by atoms with Crippen LogP contribution in [0.2, 0.25) is 0 Å². The molecule has 10 aromatic carbocycles. The van der Waals surface area contributed by atoms with Gasteiger partial charge in [-0.3, -0.25) is 4.57 Å². The molecule has 14 aromatic rings. The van der Waals surface area contributed by atoms with E-state index in [4.69, 9.17) is 14.6 Å². The molecule has 6 heteroatoms. The molecular formula is C62H39N5O. The van der Waals surface area contributed by atoms with Gasteiger partial charge in [-0.2, -0.15) is 0 Å². The second-order valence-electron chi connectivity index (χ2n) is 17.4. The summed E-state index contributed by atoms with van der Waals surface area (Å²) in [7, 11) is 0. The van der Waals surface area contributed by atoms with Gasteiger partial charge in [0, 0.05) is 49.4 Å². The van der Waals surface area contributed by atoms with Gasteiger partial charge in [-0.05, 0) is 82.9 Å². The molecule has 0 saturated heterocycles. The van der Waals surface area contributed by atoms with E-state index in [0.717, 1.165) is 117 Å². The van der Waals surface area contributed by atoms with E-state index in [1.807, 2.05) is 18.2 Å². The van der Waals surface area contributed by atoms with Crippen molar-refractivity contribution in [1.82, 2.24) is 23.9 Å². The molecule has 4 heterocycles. The number of hydrogen-bond acceptors (Lipinski definition) is 3. The van der Waals surface area contributed by atoms with E-state index >= 15 is 0 Å². The van der Waals surface area contributed by atoms with E-state index in [1.54, 1.807) is 0 Å². The molecule has 68 heavy (non-hydrogen) atoms. The standard InChI is InChI=1S/C62H39N5O/c1-3-18-40(19-4-1)61-63-64-62(41-20-5-2-6-21-41)67(61)56-34-17-31-50-48-28-9-12-32-53(48)66(59(50)56)45-25-16-23-43(39-45)47-27-8-7-26-46(47)42-22-15-24-44(38-42)65-54-33-13-10-30-52(54)58-55(65)37-36-51-49-29-11-14-35-57(49)68-60(51)58/h1-39H. The van der Waals surface area contributed by atoms with Gasteiger partial charge in [-0.15, -0.1) is 10.2 Å². The van der Waals surface area contributed by atoms with Crippen LogP contribution < -0.4 is 0 Å². The predicted molar refractivity (Wildman–Crippen MR) is 279 cm³/mol. The number of benzene rings is 10. The third-order valence-electron chi connectivity index (χ3n) is 13.6. The number of fused-ring (bicyclic) bond motifs is 10. The summed E-state index contributed by atoms with van der Waals surface area (Å²) < 4.78 is 13.6. The topological polar surface area (TPSA) is 53.7 Å². The fourth-order valence-electron chi connectivity index (χ4n) is 10.6. The Morgan fingerprint density at radius 3 is 1.51 bits per heavy atom. The first-order valence-corrected chi connectivity index (χ1v) is 23.0. The van der Waals surface area contributed by atoms with Crippen molar-refractivity contribution in [3.8, 4) is 62.1 Å². The zero-order chi connectivity index (χ0) is 44.7. The van der Waals surface area contributed by atoms with Gasteiger partial charge >= 0.3 is 0 Å². The lowest BCUT2D eigenvalue weighted by Crippen LogP contribution is -2.04. The van der Waals surface area contributed by atoms with Gasteiger partial charge in [-0.25, -0.2) is 0 Å². The van der Waals surface area contributed by atoms with Crippen molar-refractivity contribution in [2.75, 3.05) is 0 Å². The first-order valence-electron chi connectivity index (χ1n) is 23.0. The van der Waals surface area contributed by atoms with Crippen LogP contribution in [0.25, 0.3) is 128 Å². The molecule has 0 aliphatic heterocycles. The highest BCUT2D eigenvalue weighted by molar-refractivity contribution is 6.24. The second kappa shape index (κ2) is 15.2. The second-order valence-corrected chi connectivity index (χ2v) is 17.4. The maximum atomic E-state index is 6.61. The summed E-state index contributed by atoms with van der Waals surface area (Å²) in [5.74, 6) is 1.56. The third kappa shape index (κ3) is 5.77. The Bertz CT molecular complexity index is 4210. The lowest BCUT2D eigenvalue weighted by Gasteiger charge is -2.17. The minimum Gasteiger partial charge on any atom is -0.455 e. The zero-order valence-corrected chi connectivity index (χ0v) is 36.7. The quantitative estimate of drug-likeness (QED) is 0.160. The van der Waals surface area contributed by atoms with Crippen molar-refractivity contribution in [1.29, 1.82) is 0 Å². The maximum Gasteiger partial charge on any atom is 0.168 e. The van der Waals surface area contributed by atoms with Crippen molar-refractivity contribution in [2.45, 2.75) is 0 Å². The summed E-state index contributed by atoms with van der Waals surface area (Å²) in [4.78, 5) is 0. The van der Waals surface area contributed by atoms with Crippen molar-refractivity contribution in [3.63, 3.8) is 0 Å². The van der Waals surface area contributed by atoms with Crippen LogP contribution in [0.5, 0.6) is 0 Å². The number of aromatic nitrogens is 5. The van der Waals surface area contributed by atoms with Gasteiger partial charge < -0.3 is 13.6 Å². The molecule has 0 unspecified atom stereocenters. The summed E-state index contributed by atoms with van der Waals surface area (Å²) in [6.45, 7) is 0. The monoisotopic (exact) mass is 869 g/mol. The summed E-state index contributed by atoms with van der Waals surface area (Å²) in [5.41, 5.74) is 15.9. The average molecular weight is 870 g/mol. The largest absolute Gasteiger partial charge is 0.455 e. The minimum atomic E-state index is 0.780. The lowest BCUT2D eigenvalue weighted by atomic mass is 9.94. The zero-order valence-electron chi connectivity index (χ0n) is 36.7. The van der Waals surface area contributed by atoms with Crippen molar-refractivity contribution >= 4 is 65.6 Å². The van der Waals surface area contributed by atoms with Crippen LogP contribution in [0.4, 0.5) is 0 Å². The van der Waals surface area contributed by atoms with Crippen LogP contribution in [0, 0.1) is 0 Å². The molecule has 0 radical (unpaired) electrons. The van der Waals surface area contributed by atoms with Gasteiger partial charge in [0.1, 0.15) is 11.2 Å². The van der Waals surface area contributed by atoms with E-state index in [0.29, 0.717) is 0 Å². The van der Waals surface area contributed by atoms with Gasteiger partial charge in [0.2, 0.25) is 0 Å². The Hall–Kier alpha value is -9.26. The fourth-order valence-corrected chi connectivity index (χ4v) is 10.6. The lowest BCUT2D eigenvalue weighted by molar-refractivity contribution is 0.673. The molecule has 4 aromatic heterocycles. The number of para-hydroxylation sites is 4. The number of rotatable bonds is 7. The van der Waals surface area contributed by atoms with Gasteiger partial charge in [0.25, 0.3) is 0 Å². The van der Waals surface area contributed by atoms with Crippen LogP contribution in [-0.4, -0.2) is 23.9 Å². The molecule has 0 bridgehead atoms. The molecule has 0 saturated carbocycles. The van der Waals surface area contributed by atoms with Gasteiger partial charge in [0.05, 0.1) is 33.1 Å². The Morgan fingerprint density at radius 1 is 0.324 bits per heavy atom. The van der Waals surface area contributed by atoms with E-state index in [2.05, 4.69) is 232 Å². The highest BCUT2D eigenvalue weighted by Gasteiger charge is 2.24. The molecule has 0 atom stereocenters. The van der Waals surface area contributed by atoms with Crippen LogP contribution in [0.1, 0.15) is 0 Å². The number of furan rings is 1. The Morgan fingerprint density at radius 2 is 0.838 bits per heavy atom. The Labute approximate surface area is 390 Å². The molecule has 0 aliphatic rings. The third-order valence-corrected chi connectivity index (χ3v) is 13.6. The Kier molecular flexibility index (Phi) is 8.48. The highest BCUT2D eigenvalue weighted by atomic mass is 16.3. The normalized spacial score (nSPS) is 11.8. The van der Waals surface area contributed by atoms with Crippen LogP contribution in [-0.2, 0) is 0 Å². The van der Waals surface area contributed by atoms with E-state index in [9.17, 15) is 0 Å². The van der Waals surface area contributed by atoms with E-state index < -0.39 is 0 Å². The molecule has 0 amide bonds. The van der Waals surface area contributed by atoms with Crippen molar-refractivity contribution in [2.24, 2.45) is 0 Å². The first-order chi connectivity index (χ1) is 33.8. The molecule has 6 nitrogen and oxygen atoms in total. The highest BCUT2D eigenvalue weighted by Crippen LogP contribution is 2.43. The van der Waals surface area contributed by atoms with Crippen molar-refractivity contribution in [3.05, 3.63) is 237 Å². The molecule has 0 N–H and O–H groups in total. The van der Waals surface area contributed by atoms with Crippen molar-refractivity contribution < 1.29 is 4.42 Å². The molecular weight excluding hydrogens is 831 g/mol. The maximum absolute atomic E-state index is 6.61. The SMILES string of the molecule is c1ccc(-c2nnc(-c3ccccc3)n2-c2cccc3c4ccccc4n(-c4cccc(-c5ccccc5-c5cccc(-n6c7ccccc7c7c8oc9ccccc9c8ccc76)c5)c4)c23)cc1. The molecule has 318 valence electrons. The number of nitrogens with zero attached hydrogens (tertiary/aromatic N) is 5. The summed E-state index contributed by atoms with van der Waals surface area (Å²) in [6, 6.07) is 84.1. The fraction of sp³-hybridized carbons (Fsp3) is 0. The summed E-state index contributed by atoms with van der Waals surface area (Å²) >= 11 is 0. The first kappa shape index (κ1) is 38.1. The van der Waals surface area contributed by atoms with Crippen LogP contribution in [0.3, 0.4) is 0 Å². The van der Waals surface area contributed by atoms with Gasteiger partial charge in [0.15, 0.2) is 11.6 Å². The van der Waals surface area contributed by atoms with E-state index in [1.165, 1.54) is 10.8 Å². The Balaban J connectivity index is 0.941. The smallest absolute Gasteiger partial charge is 0.168 e. The summed E-state index contributed by atoms with van der Waals surface area (Å²) in [5, 5.41) is 16.6. The molecule has 0 fully saturated rings. The van der Waals surface area contributed by atoms with Gasteiger partial charge in [-0.1, -0.05) is 176 Å². The predicted octanol–water partition coefficient (Wildman–Crippen LogP) is 16.0. The van der Waals surface area contributed by atoms with Crippen LogP contribution >= 0.6 is 0 Å². The minimum absolute atomic E-state index is 0.780. The van der Waals surface area contributed by atoms with Crippen LogP contribution in [0.15, 0.2) is 241 Å². The number of hydrogen-bond donors (Lipinski definition) is 0. The summed E-state index contributed by atoms with van der Waals surface area (Å²) in [6.07, 6.45) is 0.